The standard InChI is InChI=1S/C23H24N2O5S/c1-15-12-13-18(31(28,29)25(3)4)14-21(15)24-22(26)16(2)30-23(27)20-11-7-9-17-8-5-6-10-19(17)20/h5-14,16H,1-4H3,(H,24,26). The van der Waals surface area contributed by atoms with Crippen molar-refractivity contribution in [3.63, 3.8) is 0 Å². The maximum atomic E-state index is 12.7. The number of carbonyl (C=O) groups excluding carboxylic acids is 2. The van der Waals surface area contributed by atoms with Crippen LogP contribution in [-0.4, -0.2) is 44.8 Å². The van der Waals surface area contributed by atoms with Gasteiger partial charge in [-0.15, -0.1) is 0 Å². The van der Waals surface area contributed by atoms with Gasteiger partial charge >= 0.3 is 5.97 Å². The predicted octanol–water partition coefficient (Wildman–Crippen LogP) is 3.58. The number of sulfonamides is 1. The van der Waals surface area contributed by atoms with Crippen LogP contribution < -0.4 is 5.32 Å². The van der Waals surface area contributed by atoms with Crippen molar-refractivity contribution in [2.75, 3.05) is 19.4 Å². The molecule has 0 heterocycles. The highest BCUT2D eigenvalue weighted by molar-refractivity contribution is 7.89. The summed E-state index contributed by atoms with van der Waals surface area (Å²) in [6.45, 7) is 3.21. The average Bonchev–Trinajstić information content (AvgIpc) is 2.74. The Balaban J connectivity index is 1.77. The fraction of sp³-hybridized carbons (Fsp3) is 0.217. The van der Waals surface area contributed by atoms with Crippen molar-refractivity contribution in [2.45, 2.75) is 24.8 Å². The first-order chi connectivity index (χ1) is 14.6. The molecule has 0 aromatic heterocycles. The zero-order valence-electron chi connectivity index (χ0n) is 17.7. The van der Waals surface area contributed by atoms with Crippen LogP contribution in [0.25, 0.3) is 10.8 Å². The third kappa shape index (κ3) is 4.76. The Morgan fingerprint density at radius 1 is 1.00 bits per heavy atom. The maximum absolute atomic E-state index is 12.7. The zero-order chi connectivity index (χ0) is 22.8. The average molecular weight is 441 g/mol. The van der Waals surface area contributed by atoms with Gasteiger partial charge in [-0.3, -0.25) is 4.79 Å². The van der Waals surface area contributed by atoms with Crippen LogP contribution in [0.15, 0.2) is 65.6 Å². The lowest BCUT2D eigenvalue weighted by molar-refractivity contribution is -0.123. The molecule has 0 aliphatic rings. The van der Waals surface area contributed by atoms with E-state index in [4.69, 9.17) is 4.74 Å². The van der Waals surface area contributed by atoms with Gasteiger partial charge < -0.3 is 10.1 Å². The van der Waals surface area contributed by atoms with Gasteiger partial charge in [0.2, 0.25) is 10.0 Å². The fourth-order valence-corrected chi connectivity index (χ4v) is 3.95. The molecule has 0 aliphatic heterocycles. The molecule has 31 heavy (non-hydrogen) atoms. The highest BCUT2D eigenvalue weighted by Crippen LogP contribution is 2.23. The molecule has 0 saturated heterocycles. The first kappa shape index (κ1) is 22.5. The number of nitrogens with one attached hydrogen (secondary N) is 1. The number of rotatable bonds is 6. The number of esters is 1. The van der Waals surface area contributed by atoms with E-state index in [0.29, 0.717) is 16.8 Å². The van der Waals surface area contributed by atoms with E-state index in [2.05, 4.69) is 5.32 Å². The molecule has 1 unspecified atom stereocenters. The summed E-state index contributed by atoms with van der Waals surface area (Å²) in [7, 11) is -0.786. The molecule has 1 amide bonds. The summed E-state index contributed by atoms with van der Waals surface area (Å²) in [5.41, 5.74) is 1.38. The minimum absolute atomic E-state index is 0.0544. The van der Waals surface area contributed by atoms with Crippen LogP contribution in [0, 0.1) is 6.92 Å². The van der Waals surface area contributed by atoms with Crippen molar-refractivity contribution in [1.82, 2.24) is 4.31 Å². The Hall–Kier alpha value is -3.23. The molecule has 0 bridgehead atoms. The largest absolute Gasteiger partial charge is 0.449 e. The van der Waals surface area contributed by atoms with E-state index in [9.17, 15) is 18.0 Å². The van der Waals surface area contributed by atoms with Gasteiger partial charge in [-0.2, -0.15) is 0 Å². The van der Waals surface area contributed by atoms with Crippen molar-refractivity contribution >= 4 is 38.4 Å². The van der Waals surface area contributed by atoms with Crippen LogP contribution >= 0.6 is 0 Å². The van der Waals surface area contributed by atoms with Gasteiger partial charge in [0.25, 0.3) is 5.91 Å². The number of fused-ring (bicyclic) bond motifs is 1. The van der Waals surface area contributed by atoms with Gasteiger partial charge in [0.1, 0.15) is 0 Å². The Morgan fingerprint density at radius 2 is 1.68 bits per heavy atom. The van der Waals surface area contributed by atoms with E-state index in [-0.39, 0.29) is 4.90 Å². The van der Waals surface area contributed by atoms with E-state index in [1.54, 1.807) is 25.1 Å². The molecule has 7 nitrogen and oxygen atoms in total. The summed E-state index contributed by atoms with van der Waals surface area (Å²) < 4.78 is 31.2. The van der Waals surface area contributed by atoms with E-state index >= 15 is 0 Å². The Labute approximate surface area is 181 Å². The number of hydrogen-bond acceptors (Lipinski definition) is 5. The molecule has 1 atom stereocenters. The van der Waals surface area contributed by atoms with Crippen LogP contribution in [0.4, 0.5) is 5.69 Å². The van der Waals surface area contributed by atoms with Gasteiger partial charge in [-0.1, -0.05) is 42.5 Å². The first-order valence-corrected chi connectivity index (χ1v) is 11.1. The molecule has 3 aromatic rings. The summed E-state index contributed by atoms with van der Waals surface area (Å²) >= 11 is 0. The van der Waals surface area contributed by atoms with Gasteiger partial charge in [-0.25, -0.2) is 17.5 Å². The monoisotopic (exact) mass is 440 g/mol. The Bertz CT molecular complexity index is 1250. The summed E-state index contributed by atoms with van der Waals surface area (Å²) in [6.07, 6.45) is -1.08. The van der Waals surface area contributed by atoms with Gasteiger partial charge in [0, 0.05) is 19.8 Å². The Morgan fingerprint density at radius 3 is 2.39 bits per heavy atom. The number of nitrogens with zero attached hydrogens (tertiary/aromatic N) is 1. The van der Waals surface area contributed by atoms with Crippen molar-refractivity contribution in [3.05, 3.63) is 71.8 Å². The van der Waals surface area contributed by atoms with E-state index in [1.807, 2.05) is 30.3 Å². The maximum Gasteiger partial charge on any atom is 0.339 e. The third-order valence-corrected chi connectivity index (χ3v) is 6.72. The molecule has 3 rings (SSSR count). The predicted molar refractivity (Wildman–Crippen MR) is 120 cm³/mol. The minimum atomic E-state index is -3.65. The summed E-state index contributed by atoms with van der Waals surface area (Å²) in [5, 5.41) is 4.28. The summed E-state index contributed by atoms with van der Waals surface area (Å²) in [6, 6.07) is 17.2. The normalized spacial score (nSPS) is 12.5. The SMILES string of the molecule is Cc1ccc(S(=O)(=O)N(C)C)cc1NC(=O)C(C)OC(=O)c1cccc2ccccc12. The highest BCUT2D eigenvalue weighted by atomic mass is 32.2. The molecule has 1 N–H and O–H groups in total. The molecule has 0 spiro atoms. The second-order valence-corrected chi connectivity index (χ2v) is 9.48. The Kier molecular flexibility index (Phi) is 6.42. The number of hydrogen-bond donors (Lipinski definition) is 1. The fourth-order valence-electron chi connectivity index (χ4n) is 3.02. The molecule has 0 saturated carbocycles. The number of ether oxygens (including phenoxy) is 1. The summed E-state index contributed by atoms with van der Waals surface area (Å²) in [5.74, 6) is -1.17. The van der Waals surface area contributed by atoms with Crippen molar-refractivity contribution < 1.29 is 22.7 Å². The quantitative estimate of drug-likeness (QED) is 0.592. The molecular formula is C23H24N2O5S. The molecular weight excluding hydrogens is 416 g/mol. The molecule has 0 fully saturated rings. The van der Waals surface area contributed by atoms with Crippen LogP contribution in [0.2, 0.25) is 0 Å². The first-order valence-electron chi connectivity index (χ1n) is 9.64. The van der Waals surface area contributed by atoms with Crippen LogP contribution in [0.5, 0.6) is 0 Å². The minimum Gasteiger partial charge on any atom is -0.449 e. The molecule has 0 aliphatic carbocycles. The van der Waals surface area contributed by atoms with E-state index in [0.717, 1.165) is 15.1 Å². The van der Waals surface area contributed by atoms with Crippen LogP contribution in [0.1, 0.15) is 22.8 Å². The van der Waals surface area contributed by atoms with Crippen molar-refractivity contribution in [2.24, 2.45) is 0 Å². The zero-order valence-corrected chi connectivity index (χ0v) is 18.6. The topological polar surface area (TPSA) is 92.8 Å². The lowest BCUT2D eigenvalue weighted by atomic mass is 10.0. The second-order valence-electron chi connectivity index (χ2n) is 7.33. The lowest BCUT2D eigenvalue weighted by Gasteiger charge is -2.17. The second kappa shape index (κ2) is 8.87. The van der Waals surface area contributed by atoms with Crippen LogP contribution in [0.3, 0.4) is 0 Å². The van der Waals surface area contributed by atoms with Gasteiger partial charge in [0.15, 0.2) is 6.10 Å². The smallest absolute Gasteiger partial charge is 0.339 e. The number of amides is 1. The third-order valence-electron chi connectivity index (χ3n) is 4.91. The molecule has 8 heteroatoms. The van der Waals surface area contributed by atoms with E-state index < -0.39 is 28.0 Å². The highest BCUT2D eigenvalue weighted by Gasteiger charge is 2.22. The number of aryl methyl sites for hydroxylation is 1. The number of benzene rings is 3. The molecule has 162 valence electrons. The van der Waals surface area contributed by atoms with Crippen molar-refractivity contribution in [3.8, 4) is 0 Å². The van der Waals surface area contributed by atoms with Crippen LogP contribution in [-0.2, 0) is 19.6 Å². The van der Waals surface area contributed by atoms with Gasteiger partial charge in [0.05, 0.1) is 10.5 Å². The molecule has 3 aromatic carbocycles. The van der Waals surface area contributed by atoms with E-state index in [1.165, 1.54) is 33.2 Å². The van der Waals surface area contributed by atoms with Crippen molar-refractivity contribution in [1.29, 1.82) is 0 Å². The number of carbonyl (C=O) groups is 2. The number of anilines is 1. The summed E-state index contributed by atoms with van der Waals surface area (Å²) in [4.78, 5) is 25.4. The van der Waals surface area contributed by atoms with Gasteiger partial charge in [-0.05, 0) is 48.4 Å². The lowest BCUT2D eigenvalue weighted by Crippen LogP contribution is -2.30. The molecule has 0 radical (unpaired) electrons.